The minimum atomic E-state index is -0.311. The van der Waals surface area contributed by atoms with Crippen molar-refractivity contribution in [1.82, 2.24) is 9.80 Å². The summed E-state index contributed by atoms with van der Waals surface area (Å²) in [6.45, 7) is 13.3. The van der Waals surface area contributed by atoms with Crippen molar-refractivity contribution in [3.63, 3.8) is 0 Å². The predicted octanol–water partition coefficient (Wildman–Crippen LogP) is 2.46. The van der Waals surface area contributed by atoms with Gasteiger partial charge in [0.2, 0.25) is 0 Å². The van der Waals surface area contributed by atoms with E-state index in [2.05, 4.69) is 31.7 Å². The molecule has 0 aromatic carbocycles. The number of amides is 1. The fourth-order valence-electron chi connectivity index (χ4n) is 6.26. The Kier molecular flexibility index (Phi) is 6.50. The average Bonchev–Trinajstić information content (AvgIpc) is 3.68. The molecule has 4 aliphatic heterocycles. The Hall–Kier alpha value is -1.19. The summed E-state index contributed by atoms with van der Waals surface area (Å²) in [5, 5.41) is 0. The Morgan fingerprint density at radius 3 is 2.58 bits per heavy atom. The van der Waals surface area contributed by atoms with E-state index in [0.717, 1.165) is 71.8 Å². The van der Waals surface area contributed by atoms with Crippen LogP contribution in [0.4, 0.5) is 4.79 Å². The molecule has 8 nitrogen and oxygen atoms in total. The second-order valence-corrected chi connectivity index (χ2v) is 11.0. The number of hydrogen-bond donors (Lipinski definition) is 0. The fourth-order valence-corrected chi connectivity index (χ4v) is 6.26. The molecule has 4 heterocycles. The third kappa shape index (κ3) is 4.69. The molecule has 1 spiro atoms. The molecule has 6 atom stereocenters. The number of allylic oxidation sites excluding steroid dienone is 1. The zero-order chi connectivity index (χ0) is 23.2. The number of carbonyl (C=O) groups is 1. The van der Waals surface area contributed by atoms with E-state index in [1.165, 1.54) is 5.57 Å². The van der Waals surface area contributed by atoms with Crippen LogP contribution in [0.5, 0.6) is 0 Å². The first-order valence-electron chi connectivity index (χ1n) is 12.6. The Bertz CT molecular complexity index is 754. The first kappa shape index (κ1) is 23.5. The molecule has 1 aliphatic carbocycles. The molecule has 1 amide bonds. The van der Waals surface area contributed by atoms with Crippen LogP contribution >= 0.6 is 0 Å². The quantitative estimate of drug-likeness (QED) is 0.423. The molecule has 186 valence electrons. The molecule has 5 rings (SSSR count). The summed E-state index contributed by atoms with van der Waals surface area (Å²) in [7, 11) is 1.72. The lowest BCUT2D eigenvalue weighted by molar-refractivity contribution is -0.125. The van der Waals surface area contributed by atoms with Crippen LogP contribution in [0, 0.1) is 11.8 Å². The number of morpholine rings is 1. The van der Waals surface area contributed by atoms with Gasteiger partial charge in [-0.1, -0.05) is 11.6 Å². The maximum atomic E-state index is 12.9. The first-order valence-corrected chi connectivity index (χ1v) is 12.6. The molecule has 1 saturated carbocycles. The lowest BCUT2D eigenvalue weighted by atomic mass is 9.68. The Morgan fingerprint density at radius 1 is 1.21 bits per heavy atom. The molecule has 4 saturated heterocycles. The van der Waals surface area contributed by atoms with Crippen molar-refractivity contribution >= 4 is 6.09 Å². The van der Waals surface area contributed by atoms with Gasteiger partial charge in [0.1, 0.15) is 23.4 Å². The monoisotopic (exact) mass is 464 g/mol. The number of rotatable bonds is 7. The summed E-state index contributed by atoms with van der Waals surface area (Å²) < 4.78 is 29.7. The van der Waals surface area contributed by atoms with E-state index in [-0.39, 0.29) is 41.5 Å². The van der Waals surface area contributed by atoms with E-state index in [1.807, 2.05) is 4.90 Å². The number of hydrogen-bond acceptors (Lipinski definition) is 7. The normalized spacial score (nSPS) is 40.9. The minimum Gasteiger partial charge on any atom is -0.443 e. The van der Waals surface area contributed by atoms with Crippen molar-refractivity contribution in [1.29, 1.82) is 0 Å². The maximum Gasteiger partial charge on any atom is 0.410 e. The number of nitrogens with zero attached hydrogens (tertiary/aromatic N) is 2. The standard InChI is InChI=1S/C25H40N2O6/c1-17(2)5-6-20-24(3,33-20)22-21(29-4)19(7-8-25(22)16-31-25)32-23(28)27-14-18(15-27)13-26-9-11-30-12-10-26/h5,18-22H,6-16H2,1-4H3/t19-,20-,21-,22?,24+,25+/m1/s1. The third-order valence-corrected chi connectivity index (χ3v) is 8.32. The van der Waals surface area contributed by atoms with E-state index in [0.29, 0.717) is 5.92 Å². The predicted molar refractivity (Wildman–Crippen MR) is 122 cm³/mol. The summed E-state index contributed by atoms with van der Waals surface area (Å²) >= 11 is 0. The summed E-state index contributed by atoms with van der Waals surface area (Å²) in [6, 6.07) is 0. The van der Waals surface area contributed by atoms with E-state index in [9.17, 15) is 4.79 Å². The molecular formula is C25H40N2O6. The van der Waals surface area contributed by atoms with Gasteiger partial charge in [0, 0.05) is 45.8 Å². The van der Waals surface area contributed by atoms with Crippen LogP contribution in [-0.2, 0) is 23.7 Å². The minimum absolute atomic E-state index is 0.0579. The van der Waals surface area contributed by atoms with Crippen molar-refractivity contribution in [2.75, 3.05) is 59.7 Å². The van der Waals surface area contributed by atoms with E-state index >= 15 is 0 Å². The number of carbonyl (C=O) groups excluding carboxylic acids is 1. The van der Waals surface area contributed by atoms with Crippen molar-refractivity contribution in [3.8, 4) is 0 Å². The molecule has 33 heavy (non-hydrogen) atoms. The highest BCUT2D eigenvalue weighted by Gasteiger charge is 2.72. The Labute approximate surface area is 197 Å². The highest BCUT2D eigenvalue weighted by molar-refractivity contribution is 5.69. The largest absolute Gasteiger partial charge is 0.443 e. The first-order chi connectivity index (χ1) is 15.8. The second kappa shape index (κ2) is 9.11. The van der Waals surface area contributed by atoms with Crippen LogP contribution in [0.1, 0.15) is 40.0 Å². The summed E-state index contributed by atoms with van der Waals surface area (Å²) in [4.78, 5) is 17.2. The maximum absolute atomic E-state index is 12.9. The van der Waals surface area contributed by atoms with Gasteiger partial charge >= 0.3 is 6.09 Å². The van der Waals surface area contributed by atoms with Crippen LogP contribution < -0.4 is 0 Å². The average molecular weight is 465 g/mol. The van der Waals surface area contributed by atoms with Gasteiger partial charge < -0.3 is 28.6 Å². The van der Waals surface area contributed by atoms with Crippen LogP contribution in [0.3, 0.4) is 0 Å². The van der Waals surface area contributed by atoms with Gasteiger partial charge in [-0.25, -0.2) is 4.79 Å². The molecule has 0 bridgehead atoms. The van der Waals surface area contributed by atoms with Gasteiger partial charge in [0.25, 0.3) is 0 Å². The van der Waals surface area contributed by atoms with Gasteiger partial charge in [-0.3, -0.25) is 4.90 Å². The summed E-state index contributed by atoms with van der Waals surface area (Å²) in [5.41, 5.74) is 0.789. The van der Waals surface area contributed by atoms with E-state index in [4.69, 9.17) is 23.7 Å². The van der Waals surface area contributed by atoms with Gasteiger partial charge in [-0.2, -0.15) is 0 Å². The lowest BCUT2D eigenvalue weighted by Crippen LogP contribution is -2.58. The van der Waals surface area contributed by atoms with Gasteiger partial charge in [-0.15, -0.1) is 0 Å². The lowest BCUT2D eigenvalue weighted by Gasteiger charge is -2.45. The van der Waals surface area contributed by atoms with E-state index in [1.54, 1.807) is 7.11 Å². The van der Waals surface area contributed by atoms with Crippen LogP contribution in [0.25, 0.3) is 0 Å². The van der Waals surface area contributed by atoms with Gasteiger partial charge in [-0.05, 0) is 40.0 Å². The number of methoxy groups -OCH3 is 1. The molecule has 1 unspecified atom stereocenters. The smallest absolute Gasteiger partial charge is 0.410 e. The zero-order valence-corrected chi connectivity index (χ0v) is 20.6. The molecular weight excluding hydrogens is 424 g/mol. The van der Waals surface area contributed by atoms with Crippen molar-refractivity contribution < 1.29 is 28.5 Å². The SMILES string of the molecule is CO[C@H]1C([C@@]2(C)O[C@@H]2CC=C(C)C)[C@]2(CC[C@H]1OC(=O)N1CC(CN3CCOCC3)C1)CO2. The van der Waals surface area contributed by atoms with Crippen LogP contribution in [0.15, 0.2) is 11.6 Å². The molecule has 0 aromatic heterocycles. The molecule has 5 aliphatic rings. The van der Waals surface area contributed by atoms with Crippen molar-refractivity contribution in [2.24, 2.45) is 11.8 Å². The Morgan fingerprint density at radius 2 is 1.94 bits per heavy atom. The Balaban J connectivity index is 1.17. The van der Waals surface area contributed by atoms with Gasteiger partial charge in [0.15, 0.2) is 0 Å². The molecule has 8 heteroatoms. The summed E-state index contributed by atoms with van der Waals surface area (Å²) in [5.74, 6) is 0.577. The van der Waals surface area contributed by atoms with Crippen LogP contribution in [0.2, 0.25) is 0 Å². The second-order valence-electron chi connectivity index (χ2n) is 11.0. The topological polar surface area (TPSA) is 76.3 Å². The summed E-state index contributed by atoms with van der Waals surface area (Å²) in [6.07, 6.45) is 4.21. The molecule has 0 radical (unpaired) electrons. The third-order valence-electron chi connectivity index (χ3n) is 8.32. The molecule has 0 aromatic rings. The highest BCUT2D eigenvalue weighted by atomic mass is 16.6. The van der Waals surface area contributed by atoms with Crippen LogP contribution in [-0.4, -0.2) is 105 Å². The fraction of sp³-hybridized carbons (Fsp3) is 0.880. The molecule has 5 fully saturated rings. The number of epoxide rings is 2. The number of ether oxygens (including phenoxy) is 5. The zero-order valence-electron chi connectivity index (χ0n) is 20.6. The molecule has 0 N–H and O–H groups in total. The van der Waals surface area contributed by atoms with E-state index < -0.39 is 0 Å². The van der Waals surface area contributed by atoms with Gasteiger partial charge in [0.05, 0.1) is 31.8 Å². The van der Waals surface area contributed by atoms with Crippen molar-refractivity contribution in [3.05, 3.63) is 11.6 Å². The van der Waals surface area contributed by atoms with Crippen molar-refractivity contribution in [2.45, 2.75) is 69.5 Å². The highest BCUT2D eigenvalue weighted by Crippen LogP contribution is 2.59. The number of likely N-dealkylation sites (tertiary alicyclic amines) is 1.